The Kier molecular flexibility index (Phi) is 25.1. The molecule has 44 heteroatoms. The first-order valence-corrected chi connectivity index (χ1v) is 26.3. The summed E-state index contributed by atoms with van der Waals surface area (Å²) in [5.41, 5.74) is -11.1. The van der Waals surface area contributed by atoms with Gasteiger partial charge < -0.3 is 0 Å². The lowest BCUT2D eigenvalue weighted by atomic mass is 10.2. The Morgan fingerprint density at radius 1 is 0.530 bits per heavy atom. The Bertz CT molecular complexity index is 3500. The summed E-state index contributed by atoms with van der Waals surface area (Å²) >= 11 is 59.6. The maximum atomic E-state index is 14.3. The molecule has 0 saturated carbocycles. The lowest BCUT2D eigenvalue weighted by Crippen LogP contribution is -2.16. The third-order valence-electron chi connectivity index (χ3n) is 8.97. The number of nitriles is 3. The predicted octanol–water partition coefficient (Wildman–Crippen LogP) is 18.9. The molecule has 83 heavy (non-hydrogen) atoms. The summed E-state index contributed by atoms with van der Waals surface area (Å²) in [5, 5.41) is 46.3. The molecule has 450 valence electrons. The van der Waals surface area contributed by atoms with E-state index in [2.05, 4.69) is 15.3 Å². The Labute approximate surface area is 515 Å². The van der Waals surface area contributed by atoms with Crippen molar-refractivity contribution < 1.29 is 94.2 Å². The number of rotatable bonds is 12. The van der Waals surface area contributed by atoms with E-state index in [9.17, 15) is 83.6 Å². The molecule has 0 saturated heterocycles. The highest BCUT2D eigenvalue weighted by atomic mass is 35.5. The van der Waals surface area contributed by atoms with Crippen molar-refractivity contribution in [2.75, 3.05) is 0 Å². The summed E-state index contributed by atoms with van der Waals surface area (Å²) in [4.78, 5) is 9.12. The zero-order chi connectivity index (χ0) is 64.2. The maximum Gasteiger partial charge on any atom is 0.416 e. The average molecular weight is 1480 g/mol. The molecule has 3 aromatic heterocycles. The van der Waals surface area contributed by atoms with Crippen molar-refractivity contribution in [2.24, 2.45) is 0 Å². The van der Waals surface area contributed by atoms with E-state index < -0.39 is 157 Å². The molecular weight excluding hydrogens is 1470 g/mol. The number of alkyl halides is 22. The molecule has 0 radical (unpaired) electrons. The van der Waals surface area contributed by atoms with Crippen molar-refractivity contribution in [3.05, 3.63) is 118 Å². The number of hydrogen-bond donors (Lipinski definition) is 2. The van der Waals surface area contributed by atoms with Gasteiger partial charge in [-0.1, -0.05) is 128 Å². The molecule has 0 spiro atoms. The molecule has 6 rings (SSSR count). The number of carbonyl (C=O) groups excluding carboxylic acids is 1. The normalized spacial score (nSPS) is 12.5. The molecule has 0 amide bonds. The minimum Gasteiger partial charge on any atom is -0.296 e. The van der Waals surface area contributed by atoms with Crippen LogP contribution >= 0.6 is 151 Å². The number of halogens is 28. The molecule has 0 aliphatic rings. The van der Waals surface area contributed by atoms with Gasteiger partial charge >= 0.3 is 30.3 Å². The van der Waals surface area contributed by atoms with Crippen LogP contribution in [0.1, 0.15) is 68.5 Å². The highest BCUT2D eigenvalue weighted by molar-refractivity contribution is 8.03. The highest BCUT2D eigenvalue weighted by Gasteiger charge is 2.43. The van der Waals surface area contributed by atoms with Gasteiger partial charge in [0.2, 0.25) is 0 Å². The predicted molar refractivity (Wildman–Crippen MR) is 270 cm³/mol. The summed E-state index contributed by atoms with van der Waals surface area (Å²) in [5.74, 6) is -1.74. The number of aromatic nitrogens is 6. The quantitative estimate of drug-likeness (QED) is 0.0294. The van der Waals surface area contributed by atoms with E-state index >= 15 is 0 Å². The third-order valence-corrected chi connectivity index (χ3v) is 15.0. The lowest BCUT2D eigenvalue weighted by molar-refractivity contribution is -0.176. The van der Waals surface area contributed by atoms with Crippen LogP contribution in [0, 0.1) is 39.8 Å². The van der Waals surface area contributed by atoms with E-state index in [0.717, 1.165) is 4.68 Å². The number of benzene rings is 3. The van der Waals surface area contributed by atoms with Crippen molar-refractivity contribution >= 4 is 168 Å². The SMILES string of the molecule is N#Cc1nn(-c2c(Cl)cc(C(F)(F)F)cc2Cl)c(C(F)F)c1SC(F)(Cl)Cl.N#Cc1nn(-c2c(Cl)cc(C(F)(F)F)cc2Cl)c(C=O)c1SC(F)(Cl)Cl.N#Cc1nn(-c2c(F)cc(C(F)(F)F)cc2Cl)c(C(F)F)c1S(=O)C(F)(Cl)Cl.OO. The van der Waals surface area contributed by atoms with Gasteiger partial charge in [-0.15, -0.1) is 0 Å². The van der Waals surface area contributed by atoms with Crippen molar-refractivity contribution in [2.45, 2.75) is 57.8 Å². The summed E-state index contributed by atoms with van der Waals surface area (Å²) < 4.78 is 228. The maximum absolute atomic E-state index is 14.3. The molecule has 0 bridgehead atoms. The fourth-order valence-electron chi connectivity index (χ4n) is 5.99. The zero-order valence-corrected chi connectivity index (χ0v) is 48.5. The molecular formula is C39H11Cl11F17N9O4S3. The molecule has 2 N–H and O–H groups in total. The Hall–Kier alpha value is -3.80. The van der Waals surface area contributed by atoms with Crippen molar-refractivity contribution in [1.29, 1.82) is 15.8 Å². The van der Waals surface area contributed by atoms with E-state index in [-0.39, 0.29) is 57.2 Å². The van der Waals surface area contributed by atoms with Crippen LogP contribution in [0.5, 0.6) is 0 Å². The number of aldehydes is 1. The zero-order valence-electron chi connectivity index (χ0n) is 37.7. The van der Waals surface area contributed by atoms with Gasteiger partial charge in [0.05, 0.1) is 51.6 Å². The van der Waals surface area contributed by atoms with E-state index in [1.165, 1.54) is 12.1 Å². The van der Waals surface area contributed by atoms with Crippen LogP contribution < -0.4 is 0 Å². The first kappa shape index (κ1) is 73.5. The number of thioether (sulfide) groups is 2. The van der Waals surface area contributed by atoms with E-state index in [1.54, 1.807) is 6.07 Å². The van der Waals surface area contributed by atoms with Gasteiger partial charge in [0.25, 0.3) is 12.9 Å². The van der Waals surface area contributed by atoms with Crippen LogP contribution in [0.25, 0.3) is 17.1 Å². The number of hydrogen-bond acceptors (Lipinski definition) is 12. The molecule has 0 aliphatic heterocycles. The molecule has 6 aromatic rings. The van der Waals surface area contributed by atoms with Gasteiger partial charge in [-0.05, 0) is 59.9 Å². The van der Waals surface area contributed by atoms with Gasteiger partial charge in [0.15, 0.2) is 29.2 Å². The van der Waals surface area contributed by atoms with E-state index in [4.69, 9.17) is 154 Å². The smallest absolute Gasteiger partial charge is 0.296 e. The molecule has 3 heterocycles. The minimum atomic E-state index is -5.01. The van der Waals surface area contributed by atoms with Gasteiger partial charge in [0.1, 0.15) is 68.0 Å². The molecule has 1 atom stereocenters. The topological polar surface area (TPSA) is 199 Å². The van der Waals surface area contributed by atoms with Gasteiger partial charge in [-0.25, -0.2) is 40.2 Å². The average Bonchev–Trinajstić information content (AvgIpc) is 3.16. The van der Waals surface area contributed by atoms with Gasteiger partial charge in [-0.2, -0.15) is 83.8 Å². The molecule has 1 unspecified atom stereocenters. The number of nitrogens with zero attached hydrogens (tertiary/aromatic N) is 9. The van der Waals surface area contributed by atoms with Crippen molar-refractivity contribution in [3.8, 4) is 35.3 Å². The van der Waals surface area contributed by atoms with E-state index in [1.807, 2.05) is 0 Å². The van der Waals surface area contributed by atoms with Crippen LogP contribution in [0.3, 0.4) is 0 Å². The van der Waals surface area contributed by atoms with Crippen LogP contribution in [0.2, 0.25) is 25.1 Å². The van der Waals surface area contributed by atoms with Gasteiger partial charge in [0, 0.05) is 0 Å². The molecule has 3 aromatic carbocycles. The lowest BCUT2D eigenvalue weighted by Gasteiger charge is -2.15. The standard InChI is InChI=1S/C13H3Cl4F6N3S.C13H3Cl4F4N3OS.C13H3Cl3F7N3OS.H2O2/c14-5-1-4(12(20,21)22)2-6(15)8(5)26-9(11(18)19)10(7(3-24)25-26)27-13(16,17)23;14-6-1-5(12(18,19)20)2-7(15)10(6)24-9(4-25)11(8(3-22)23-24)26-13(16,17)21;14-5-1-4(12(20,21)22)2-6(17)8(5)26-9(11(18)19)10(7(3-24)25-26)28(27)13(15,16)23;1-2/h1-2,11H;1-2,4H;1-2,11H;1-2H. The second-order valence-electron chi connectivity index (χ2n) is 14.1. The monoisotopic (exact) mass is 1470 g/mol. The Morgan fingerprint density at radius 3 is 1.17 bits per heavy atom. The van der Waals surface area contributed by atoms with Gasteiger partial charge in [-0.3, -0.25) is 15.3 Å². The van der Waals surface area contributed by atoms with Crippen LogP contribution in [-0.4, -0.2) is 62.1 Å². The van der Waals surface area contributed by atoms with Crippen molar-refractivity contribution in [1.82, 2.24) is 29.3 Å². The molecule has 13 nitrogen and oxygen atoms in total. The highest BCUT2D eigenvalue weighted by Crippen LogP contribution is 2.49. The second-order valence-corrected chi connectivity index (χ2v) is 25.1. The summed E-state index contributed by atoms with van der Waals surface area (Å²) in [6.45, 7) is 0. The third kappa shape index (κ3) is 18.1. The second kappa shape index (κ2) is 28.4. The fraction of sp³-hybridized carbons (Fsp3) is 0.205. The van der Waals surface area contributed by atoms with Crippen LogP contribution in [0.4, 0.5) is 74.6 Å². The Balaban J connectivity index is 0.000000322. The summed E-state index contributed by atoms with van der Waals surface area (Å²) in [6, 6.07) is 6.46. The van der Waals surface area contributed by atoms with E-state index in [0.29, 0.717) is 28.9 Å². The summed E-state index contributed by atoms with van der Waals surface area (Å²) in [6.07, 6.45) is -21.3. The first-order valence-electron chi connectivity index (χ1n) is 19.3. The van der Waals surface area contributed by atoms with Crippen LogP contribution in [-0.2, 0) is 29.3 Å². The first-order chi connectivity index (χ1) is 37.8. The fourth-order valence-corrected chi connectivity index (χ4v) is 11.2. The van der Waals surface area contributed by atoms with Crippen LogP contribution in [0.15, 0.2) is 51.1 Å². The largest absolute Gasteiger partial charge is 0.416 e. The minimum absolute atomic E-state index is 0.0478. The molecule has 0 aliphatic carbocycles. The number of carbonyl (C=O) groups is 1. The molecule has 0 fully saturated rings. The summed E-state index contributed by atoms with van der Waals surface area (Å²) in [7, 11) is -3.30. The Morgan fingerprint density at radius 2 is 0.843 bits per heavy atom. The van der Waals surface area contributed by atoms with Crippen molar-refractivity contribution in [3.63, 3.8) is 0 Å².